The maximum absolute atomic E-state index is 10.5. The van der Waals surface area contributed by atoms with Gasteiger partial charge < -0.3 is 15.2 Å². The van der Waals surface area contributed by atoms with E-state index in [4.69, 9.17) is 5.11 Å². The van der Waals surface area contributed by atoms with Gasteiger partial charge in [-0.3, -0.25) is 4.79 Å². The lowest BCUT2D eigenvalue weighted by molar-refractivity contribution is -0.137. The van der Waals surface area contributed by atoms with Crippen LogP contribution in [0.3, 0.4) is 0 Å². The van der Waals surface area contributed by atoms with Crippen LogP contribution in [0, 0.1) is 0 Å². The normalized spacial score (nSPS) is 12.4. The Labute approximate surface area is 84.7 Å². The fraction of sp³-hybridized carbons (Fsp3) is 0.800. The summed E-state index contributed by atoms with van der Waals surface area (Å²) in [5, 5.41) is 11.5. The van der Waals surface area contributed by atoms with E-state index in [9.17, 15) is 9.59 Å². The Morgan fingerprint density at radius 3 is 2.71 bits per heavy atom. The van der Waals surface area contributed by atoms with Gasteiger partial charge in [-0.05, 0) is 19.4 Å². The minimum Gasteiger partial charge on any atom is -0.481 e. The van der Waals surface area contributed by atoms with Crippen LogP contribution in [0.4, 0.5) is 0 Å². The molecule has 0 radical (unpaired) electrons. The van der Waals surface area contributed by atoms with E-state index < -0.39 is 5.97 Å². The van der Waals surface area contributed by atoms with E-state index in [0.717, 1.165) is 32.1 Å². The highest BCUT2D eigenvalue weighted by Gasteiger charge is 2.07. The summed E-state index contributed by atoms with van der Waals surface area (Å²) >= 11 is 0. The first-order valence-electron chi connectivity index (χ1n) is 5.11. The summed E-state index contributed by atoms with van der Waals surface area (Å²) < 4.78 is 0. The van der Waals surface area contributed by atoms with Crippen molar-refractivity contribution in [3.8, 4) is 0 Å². The number of carboxylic acid groups (broad SMARTS) is 1. The SMILES string of the molecule is CCCCCN[C@H](C=O)CCC(=O)O. The number of hydrogen-bond acceptors (Lipinski definition) is 3. The molecule has 0 amide bonds. The minimum absolute atomic E-state index is 0.0458. The van der Waals surface area contributed by atoms with Gasteiger partial charge in [0, 0.05) is 6.42 Å². The van der Waals surface area contributed by atoms with E-state index in [0.29, 0.717) is 6.42 Å². The molecule has 1 atom stereocenters. The standard InChI is InChI=1S/C10H19NO3/c1-2-3-4-7-11-9(8-12)5-6-10(13)14/h8-9,11H,2-7H2,1H3,(H,13,14)/t9-/m0/s1. The molecule has 0 aromatic carbocycles. The lowest BCUT2D eigenvalue weighted by atomic mass is 10.1. The molecule has 0 rings (SSSR count). The number of hydrogen-bond donors (Lipinski definition) is 2. The Kier molecular flexibility index (Phi) is 8.13. The molecule has 0 saturated heterocycles. The van der Waals surface area contributed by atoms with Crippen LogP contribution in [-0.4, -0.2) is 29.9 Å². The Hall–Kier alpha value is -0.900. The molecule has 0 spiro atoms. The zero-order chi connectivity index (χ0) is 10.8. The van der Waals surface area contributed by atoms with Gasteiger partial charge in [-0.2, -0.15) is 0 Å². The lowest BCUT2D eigenvalue weighted by Crippen LogP contribution is -2.31. The lowest BCUT2D eigenvalue weighted by Gasteiger charge is -2.10. The summed E-state index contributed by atoms with van der Waals surface area (Å²) in [6, 6.07) is -0.303. The van der Waals surface area contributed by atoms with Gasteiger partial charge in [0.05, 0.1) is 6.04 Å². The van der Waals surface area contributed by atoms with Crippen LogP contribution in [-0.2, 0) is 9.59 Å². The van der Waals surface area contributed by atoms with E-state index >= 15 is 0 Å². The Morgan fingerprint density at radius 2 is 2.21 bits per heavy atom. The summed E-state index contributed by atoms with van der Waals surface area (Å²) in [6.07, 6.45) is 4.53. The second-order valence-electron chi connectivity index (χ2n) is 3.34. The molecule has 0 aliphatic rings. The van der Waals surface area contributed by atoms with Gasteiger partial charge in [0.1, 0.15) is 6.29 Å². The summed E-state index contributed by atoms with van der Waals surface area (Å²) in [6.45, 7) is 2.90. The monoisotopic (exact) mass is 201 g/mol. The molecule has 0 heterocycles. The molecule has 0 aromatic heterocycles. The molecule has 0 unspecified atom stereocenters. The van der Waals surface area contributed by atoms with Crippen LogP contribution in [0.1, 0.15) is 39.0 Å². The van der Waals surface area contributed by atoms with E-state index in [-0.39, 0.29) is 12.5 Å². The van der Waals surface area contributed by atoms with Gasteiger partial charge in [0.2, 0.25) is 0 Å². The van der Waals surface area contributed by atoms with Crippen LogP contribution < -0.4 is 5.32 Å². The number of unbranched alkanes of at least 4 members (excludes halogenated alkanes) is 2. The van der Waals surface area contributed by atoms with Crippen LogP contribution in [0.2, 0.25) is 0 Å². The van der Waals surface area contributed by atoms with Crippen LogP contribution in [0.5, 0.6) is 0 Å². The van der Waals surface area contributed by atoms with Crippen molar-refractivity contribution in [1.82, 2.24) is 5.32 Å². The van der Waals surface area contributed by atoms with Crippen molar-refractivity contribution in [2.45, 2.75) is 45.1 Å². The highest BCUT2D eigenvalue weighted by molar-refractivity contribution is 5.68. The molecular formula is C10H19NO3. The van der Waals surface area contributed by atoms with Gasteiger partial charge in [-0.25, -0.2) is 0 Å². The molecular weight excluding hydrogens is 182 g/mol. The third-order valence-electron chi connectivity index (χ3n) is 2.02. The van der Waals surface area contributed by atoms with Gasteiger partial charge in [-0.1, -0.05) is 19.8 Å². The zero-order valence-electron chi connectivity index (χ0n) is 8.66. The minimum atomic E-state index is -0.854. The first-order chi connectivity index (χ1) is 6.70. The molecule has 4 nitrogen and oxygen atoms in total. The third-order valence-corrected chi connectivity index (χ3v) is 2.02. The van der Waals surface area contributed by atoms with E-state index in [1.807, 2.05) is 0 Å². The first-order valence-corrected chi connectivity index (χ1v) is 5.11. The maximum Gasteiger partial charge on any atom is 0.303 e. The fourth-order valence-electron chi connectivity index (χ4n) is 1.16. The summed E-state index contributed by atoms with van der Waals surface area (Å²) in [5.74, 6) is -0.854. The van der Waals surface area contributed by atoms with Gasteiger partial charge >= 0.3 is 5.97 Å². The van der Waals surface area contributed by atoms with Gasteiger partial charge in [-0.15, -0.1) is 0 Å². The van der Waals surface area contributed by atoms with Crippen molar-refractivity contribution in [2.75, 3.05) is 6.54 Å². The molecule has 0 aromatic rings. The van der Waals surface area contributed by atoms with Crippen molar-refractivity contribution in [3.63, 3.8) is 0 Å². The average Bonchev–Trinajstić information content (AvgIpc) is 2.16. The van der Waals surface area contributed by atoms with Crippen molar-refractivity contribution < 1.29 is 14.7 Å². The fourth-order valence-corrected chi connectivity index (χ4v) is 1.16. The summed E-state index contributed by atoms with van der Waals surface area (Å²) in [7, 11) is 0. The Morgan fingerprint density at radius 1 is 1.50 bits per heavy atom. The highest BCUT2D eigenvalue weighted by atomic mass is 16.4. The van der Waals surface area contributed by atoms with Crippen LogP contribution in [0.25, 0.3) is 0 Å². The molecule has 0 bridgehead atoms. The molecule has 0 aliphatic carbocycles. The number of rotatable bonds is 9. The van der Waals surface area contributed by atoms with Crippen LogP contribution in [0.15, 0.2) is 0 Å². The Balaban J connectivity index is 3.47. The number of carbonyl (C=O) groups excluding carboxylic acids is 1. The molecule has 0 saturated carbocycles. The molecule has 0 fully saturated rings. The number of aliphatic carboxylic acids is 1. The summed E-state index contributed by atoms with van der Waals surface area (Å²) in [4.78, 5) is 20.8. The maximum atomic E-state index is 10.5. The van der Waals surface area contributed by atoms with Crippen molar-refractivity contribution in [2.24, 2.45) is 0 Å². The number of aldehydes is 1. The predicted molar refractivity (Wildman–Crippen MR) is 54.2 cm³/mol. The third kappa shape index (κ3) is 7.73. The zero-order valence-corrected chi connectivity index (χ0v) is 8.66. The van der Waals surface area contributed by atoms with Crippen molar-refractivity contribution in [1.29, 1.82) is 0 Å². The summed E-state index contributed by atoms with van der Waals surface area (Å²) in [5.41, 5.74) is 0. The Bertz CT molecular complexity index is 171. The molecule has 14 heavy (non-hydrogen) atoms. The second-order valence-corrected chi connectivity index (χ2v) is 3.34. The predicted octanol–water partition coefficient (Wildman–Crippen LogP) is 1.20. The molecule has 0 aliphatic heterocycles. The second kappa shape index (κ2) is 8.69. The molecule has 4 heteroatoms. The topological polar surface area (TPSA) is 66.4 Å². The smallest absolute Gasteiger partial charge is 0.303 e. The number of carboxylic acids is 1. The largest absolute Gasteiger partial charge is 0.481 e. The van der Waals surface area contributed by atoms with Crippen LogP contribution >= 0.6 is 0 Å². The molecule has 2 N–H and O–H groups in total. The van der Waals surface area contributed by atoms with E-state index in [1.165, 1.54) is 0 Å². The first kappa shape index (κ1) is 13.1. The number of nitrogens with one attached hydrogen (secondary N) is 1. The number of carbonyl (C=O) groups is 2. The van der Waals surface area contributed by atoms with E-state index in [2.05, 4.69) is 12.2 Å². The van der Waals surface area contributed by atoms with Gasteiger partial charge in [0.25, 0.3) is 0 Å². The average molecular weight is 201 g/mol. The highest BCUT2D eigenvalue weighted by Crippen LogP contribution is 1.97. The van der Waals surface area contributed by atoms with Crippen molar-refractivity contribution >= 4 is 12.3 Å². The van der Waals surface area contributed by atoms with E-state index in [1.54, 1.807) is 0 Å². The van der Waals surface area contributed by atoms with Gasteiger partial charge in [0.15, 0.2) is 0 Å². The molecule has 82 valence electrons. The van der Waals surface area contributed by atoms with Crippen molar-refractivity contribution in [3.05, 3.63) is 0 Å². The quantitative estimate of drug-likeness (QED) is 0.434.